The van der Waals surface area contributed by atoms with Crippen LogP contribution < -0.4 is 14.8 Å². The molecule has 2 atom stereocenters. The molecule has 6 heteroatoms. The Labute approximate surface area is 123 Å². The van der Waals surface area contributed by atoms with Crippen molar-refractivity contribution in [3.8, 4) is 11.5 Å². The van der Waals surface area contributed by atoms with E-state index in [0.717, 1.165) is 11.3 Å². The van der Waals surface area contributed by atoms with E-state index in [1.54, 1.807) is 26.0 Å². The SMILES string of the molecule is CCOC(=O)[C@H]1CS[C@@H](c2ccc(OC)c(OC)c2)[NH2+]1. The fraction of sp³-hybridized carbons (Fsp3) is 0.500. The summed E-state index contributed by atoms with van der Waals surface area (Å²) in [6.07, 6.45) is 0. The Hall–Kier alpha value is -1.40. The summed E-state index contributed by atoms with van der Waals surface area (Å²) in [5, 5.41) is 2.23. The summed E-state index contributed by atoms with van der Waals surface area (Å²) in [6, 6.07) is 5.72. The number of carbonyl (C=O) groups excluding carboxylic acids is 1. The van der Waals surface area contributed by atoms with Crippen LogP contribution >= 0.6 is 11.8 Å². The van der Waals surface area contributed by atoms with Gasteiger partial charge in [0.25, 0.3) is 0 Å². The zero-order valence-electron chi connectivity index (χ0n) is 11.9. The molecule has 1 aromatic rings. The third-order valence-electron chi connectivity index (χ3n) is 3.19. The highest BCUT2D eigenvalue weighted by Crippen LogP contribution is 2.34. The minimum atomic E-state index is -0.136. The topological polar surface area (TPSA) is 61.4 Å². The highest BCUT2D eigenvalue weighted by molar-refractivity contribution is 7.99. The zero-order chi connectivity index (χ0) is 14.5. The van der Waals surface area contributed by atoms with Gasteiger partial charge in [-0.2, -0.15) is 0 Å². The van der Waals surface area contributed by atoms with Crippen LogP contribution in [0.4, 0.5) is 0 Å². The molecule has 110 valence electrons. The Bertz CT molecular complexity index is 480. The summed E-state index contributed by atoms with van der Waals surface area (Å²) in [5.74, 6) is 2.04. The maximum atomic E-state index is 11.7. The van der Waals surface area contributed by atoms with E-state index in [1.165, 1.54) is 0 Å². The van der Waals surface area contributed by atoms with Crippen LogP contribution in [-0.2, 0) is 9.53 Å². The summed E-state index contributed by atoms with van der Waals surface area (Å²) in [7, 11) is 3.24. The fourth-order valence-corrected chi connectivity index (χ4v) is 3.46. The standard InChI is InChI=1S/C14H19NO4S/c1-4-19-14(16)10-8-20-13(15-10)9-5-6-11(17-2)12(7-9)18-3/h5-7,10,13,15H,4,8H2,1-3H3/p+1/t10-,13+/m1/s1. The van der Waals surface area contributed by atoms with Gasteiger partial charge in [0, 0.05) is 5.56 Å². The molecule has 1 heterocycles. The predicted molar refractivity (Wildman–Crippen MR) is 77.1 cm³/mol. The van der Waals surface area contributed by atoms with Crippen LogP contribution in [0.25, 0.3) is 0 Å². The van der Waals surface area contributed by atoms with Crippen molar-refractivity contribution < 1.29 is 24.3 Å². The number of quaternary nitrogens is 1. The zero-order valence-corrected chi connectivity index (χ0v) is 12.7. The van der Waals surface area contributed by atoms with Gasteiger partial charge in [0.1, 0.15) is 0 Å². The van der Waals surface area contributed by atoms with Crippen molar-refractivity contribution in [1.29, 1.82) is 0 Å². The first-order valence-corrected chi connectivity index (χ1v) is 7.59. The highest BCUT2D eigenvalue weighted by atomic mass is 32.2. The van der Waals surface area contributed by atoms with E-state index in [4.69, 9.17) is 14.2 Å². The summed E-state index contributed by atoms with van der Waals surface area (Å²) in [4.78, 5) is 11.7. The number of thioether (sulfide) groups is 1. The molecule has 1 saturated heterocycles. The molecule has 5 nitrogen and oxygen atoms in total. The van der Waals surface area contributed by atoms with Gasteiger partial charge in [-0.05, 0) is 25.1 Å². The molecule has 0 saturated carbocycles. The average molecular weight is 298 g/mol. The largest absolute Gasteiger partial charge is 0.493 e. The number of hydrogen-bond acceptors (Lipinski definition) is 5. The van der Waals surface area contributed by atoms with Gasteiger partial charge < -0.3 is 19.5 Å². The number of esters is 1. The molecule has 1 aromatic carbocycles. The van der Waals surface area contributed by atoms with E-state index in [2.05, 4.69) is 0 Å². The lowest BCUT2D eigenvalue weighted by atomic mass is 10.2. The van der Waals surface area contributed by atoms with E-state index in [9.17, 15) is 4.79 Å². The lowest BCUT2D eigenvalue weighted by molar-refractivity contribution is -0.685. The second-order valence-electron chi connectivity index (χ2n) is 4.42. The maximum absolute atomic E-state index is 11.7. The predicted octanol–water partition coefficient (Wildman–Crippen LogP) is 0.944. The Balaban J connectivity index is 2.08. The van der Waals surface area contributed by atoms with E-state index in [0.29, 0.717) is 18.1 Å². The van der Waals surface area contributed by atoms with Gasteiger partial charge in [-0.15, -0.1) is 0 Å². The smallest absolute Gasteiger partial charge is 0.365 e. The molecule has 0 unspecified atom stereocenters. The Morgan fingerprint density at radius 3 is 2.75 bits per heavy atom. The Morgan fingerprint density at radius 2 is 2.10 bits per heavy atom. The van der Waals surface area contributed by atoms with Crippen LogP contribution in [0.3, 0.4) is 0 Å². The van der Waals surface area contributed by atoms with Crippen LogP contribution in [0.15, 0.2) is 18.2 Å². The summed E-state index contributed by atoms with van der Waals surface area (Å²) in [6.45, 7) is 2.25. The number of hydrogen-bond donors (Lipinski definition) is 1. The van der Waals surface area contributed by atoms with E-state index < -0.39 is 0 Å². The quantitative estimate of drug-likeness (QED) is 0.820. The van der Waals surface area contributed by atoms with Crippen molar-refractivity contribution >= 4 is 17.7 Å². The van der Waals surface area contributed by atoms with Crippen LogP contribution in [0.1, 0.15) is 17.9 Å². The number of carbonyl (C=O) groups is 1. The summed E-state index contributed by atoms with van der Waals surface area (Å²) in [5.41, 5.74) is 1.11. The normalized spacial score (nSPS) is 21.6. The molecule has 1 aliphatic heterocycles. The Morgan fingerprint density at radius 1 is 1.35 bits per heavy atom. The van der Waals surface area contributed by atoms with E-state index in [-0.39, 0.29) is 17.4 Å². The minimum Gasteiger partial charge on any atom is -0.493 e. The molecule has 0 spiro atoms. The molecule has 20 heavy (non-hydrogen) atoms. The lowest BCUT2D eigenvalue weighted by Gasteiger charge is -2.13. The summed E-state index contributed by atoms with van der Waals surface area (Å²) < 4.78 is 15.6. The monoisotopic (exact) mass is 298 g/mol. The number of benzene rings is 1. The minimum absolute atomic E-state index is 0.127. The number of methoxy groups -OCH3 is 2. The van der Waals surface area contributed by atoms with Gasteiger partial charge in [-0.25, -0.2) is 4.79 Å². The Kier molecular flexibility index (Phi) is 5.14. The van der Waals surface area contributed by atoms with E-state index >= 15 is 0 Å². The van der Waals surface area contributed by atoms with E-state index in [1.807, 2.05) is 30.4 Å². The van der Waals surface area contributed by atoms with Crippen LogP contribution in [0.2, 0.25) is 0 Å². The van der Waals surface area contributed by atoms with Crippen molar-refractivity contribution in [3.05, 3.63) is 23.8 Å². The molecule has 1 aliphatic rings. The molecule has 0 aliphatic carbocycles. The molecule has 1 fully saturated rings. The van der Waals surface area contributed by atoms with Crippen LogP contribution in [0, 0.1) is 0 Å². The average Bonchev–Trinajstić information content (AvgIpc) is 2.96. The van der Waals surface area contributed by atoms with Gasteiger partial charge in [-0.1, -0.05) is 11.8 Å². The first-order valence-electron chi connectivity index (χ1n) is 6.54. The second-order valence-corrected chi connectivity index (χ2v) is 5.59. The molecular weight excluding hydrogens is 278 g/mol. The molecule has 0 amide bonds. The molecule has 0 aromatic heterocycles. The van der Waals surface area contributed by atoms with Crippen LogP contribution in [0.5, 0.6) is 11.5 Å². The molecule has 0 bridgehead atoms. The molecule has 2 rings (SSSR count). The third-order valence-corrected chi connectivity index (χ3v) is 4.53. The van der Waals surface area contributed by atoms with Gasteiger partial charge in [0.15, 0.2) is 22.9 Å². The fourth-order valence-electron chi connectivity index (χ4n) is 2.16. The second kappa shape index (κ2) is 6.85. The summed E-state index contributed by atoms with van der Waals surface area (Å²) >= 11 is 1.74. The first-order chi connectivity index (χ1) is 9.69. The van der Waals surface area contributed by atoms with Crippen molar-refractivity contribution in [2.45, 2.75) is 18.3 Å². The maximum Gasteiger partial charge on any atom is 0.365 e. The number of rotatable bonds is 5. The molecule has 2 N–H and O–H groups in total. The van der Waals surface area contributed by atoms with Gasteiger partial charge >= 0.3 is 5.97 Å². The third kappa shape index (κ3) is 3.19. The number of ether oxygens (including phenoxy) is 3. The van der Waals surface area contributed by atoms with Gasteiger partial charge in [0.2, 0.25) is 0 Å². The first kappa shape index (κ1) is 15.0. The van der Waals surface area contributed by atoms with Gasteiger partial charge in [0.05, 0.1) is 26.6 Å². The van der Waals surface area contributed by atoms with Crippen molar-refractivity contribution in [1.82, 2.24) is 0 Å². The number of nitrogens with two attached hydrogens (primary N) is 1. The van der Waals surface area contributed by atoms with Crippen molar-refractivity contribution in [2.75, 3.05) is 26.6 Å². The van der Waals surface area contributed by atoms with Crippen molar-refractivity contribution in [2.24, 2.45) is 0 Å². The highest BCUT2D eigenvalue weighted by Gasteiger charge is 2.36. The lowest BCUT2D eigenvalue weighted by Crippen LogP contribution is -2.89. The molecular formula is C14H20NO4S+. The van der Waals surface area contributed by atoms with Gasteiger partial charge in [-0.3, -0.25) is 0 Å². The van der Waals surface area contributed by atoms with Crippen LogP contribution in [-0.4, -0.2) is 38.6 Å². The molecule has 0 radical (unpaired) electrons. The van der Waals surface area contributed by atoms with Crippen molar-refractivity contribution in [3.63, 3.8) is 0 Å².